The first kappa shape index (κ1) is 11.9. The molecule has 0 aliphatic rings. The second-order valence-electron chi connectivity index (χ2n) is 2.21. The standard InChI is InChI=1S/C7H8F4O2/c1-2-3-13-5(12)4-7(10,11)6(8)9/h2,6H,1,3-4H2. The van der Waals surface area contributed by atoms with Crippen LogP contribution in [0.4, 0.5) is 17.6 Å². The summed E-state index contributed by atoms with van der Waals surface area (Å²) in [6.45, 7) is 2.89. The lowest BCUT2D eigenvalue weighted by Crippen LogP contribution is -2.30. The highest BCUT2D eigenvalue weighted by Crippen LogP contribution is 2.26. The maximum absolute atomic E-state index is 12.1. The molecule has 0 aromatic heterocycles. The van der Waals surface area contributed by atoms with Crippen molar-refractivity contribution < 1.29 is 27.1 Å². The molecule has 0 aliphatic carbocycles. The van der Waals surface area contributed by atoms with Gasteiger partial charge < -0.3 is 4.74 Å². The minimum atomic E-state index is -4.32. The van der Waals surface area contributed by atoms with Crippen molar-refractivity contribution in [1.29, 1.82) is 0 Å². The fourth-order valence-electron chi connectivity index (χ4n) is 0.472. The highest BCUT2D eigenvalue weighted by Gasteiger charge is 2.43. The van der Waals surface area contributed by atoms with Gasteiger partial charge in [0.15, 0.2) is 0 Å². The zero-order valence-corrected chi connectivity index (χ0v) is 6.60. The van der Waals surface area contributed by atoms with Crippen LogP contribution in [0.3, 0.4) is 0 Å². The van der Waals surface area contributed by atoms with Gasteiger partial charge in [-0.25, -0.2) is 8.78 Å². The molecule has 6 heteroatoms. The Hall–Kier alpha value is -1.07. The van der Waals surface area contributed by atoms with Crippen LogP contribution < -0.4 is 0 Å². The van der Waals surface area contributed by atoms with Crippen molar-refractivity contribution in [3.05, 3.63) is 12.7 Å². The summed E-state index contributed by atoms with van der Waals surface area (Å²) in [4.78, 5) is 10.4. The van der Waals surface area contributed by atoms with Crippen LogP contribution in [0.15, 0.2) is 12.7 Å². The maximum atomic E-state index is 12.1. The van der Waals surface area contributed by atoms with Gasteiger partial charge in [-0.15, -0.1) is 0 Å². The fraction of sp³-hybridized carbons (Fsp3) is 0.571. The van der Waals surface area contributed by atoms with Crippen LogP contribution in [0.5, 0.6) is 0 Å². The zero-order chi connectivity index (χ0) is 10.5. The van der Waals surface area contributed by atoms with E-state index in [1.165, 1.54) is 0 Å². The number of carbonyl (C=O) groups is 1. The Morgan fingerprint density at radius 2 is 2.08 bits per heavy atom. The van der Waals surface area contributed by atoms with Gasteiger partial charge in [0, 0.05) is 0 Å². The van der Waals surface area contributed by atoms with E-state index in [0.717, 1.165) is 6.08 Å². The van der Waals surface area contributed by atoms with E-state index in [0.29, 0.717) is 0 Å². The molecule has 0 unspecified atom stereocenters. The molecule has 2 nitrogen and oxygen atoms in total. The summed E-state index contributed by atoms with van der Waals surface area (Å²) in [6.07, 6.45) is -4.32. The van der Waals surface area contributed by atoms with Crippen LogP contribution in [0.2, 0.25) is 0 Å². The van der Waals surface area contributed by atoms with Gasteiger partial charge in [0.25, 0.3) is 0 Å². The Bertz CT molecular complexity index is 191. The number of alkyl halides is 4. The van der Waals surface area contributed by atoms with Crippen molar-refractivity contribution in [3.63, 3.8) is 0 Å². The van der Waals surface area contributed by atoms with E-state index in [1.54, 1.807) is 0 Å². The third kappa shape index (κ3) is 4.49. The minimum Gasteiger partial charge on any atom is -0.461 e. The van der Waals surface area contributed by atoms with E-state index in [-0.39, 0.29) is 6.61 Å². The second kappa shape index (κ2) is 4.84. The van der Waals surface area contributed by atoms with Gasteiger partial charge in [0.05, 0.1) is 0 Å². The Morgan fingerprint density at radius 3 is 2.46 bits per heavy atom. The smallest absolute Gasteiger partial charge is 0.317 e. The minimum absolute atomic E-state index is 0.266. The quantitative estimate of drug-likeness (QED) is 0.385. The summed E-state index contributed by atoms with van der Waals surface area (Å²) in [7, 11) is 0. The molecule has 0 saturated heterocycles. The Balaban J connectivity index is 3.96. The molecule has 0 N–H and O–H groups in total. The van der Waals surface area contributed by atoms with Gasteiger partial charge in [-0.05, 0) is 0 Å². The Kier molecular flexibility index (Phi) is 4.44. The third-order valence-electron chi connectivity index (χ3n) is 1.06. The van der Waals surface area contributed by atoms with Gasteiger partial charge in [0.2, 0.25) is 0 Å². The van der Waals surface area contributed by atoms with Crippen LogP contribution in [-0.4, -0.2) is 24.9 Å². The lowest BCUT2D eigenvalue weighted by molar-refractivity contribution is -0.167. The lowest BCUT2D eigenvalue weighted by Gasteiger charge is -2.13. The van der Waals surface area contributed by atoms with Crippen LogP contribution in [0, 0.1) is 0 Å². The summed E-state index contributed by atoms with van der Waals surface area (Å²) >= 11 is 0. The summed E-state index contributed by atoms with van der Waals surface area (Å²) in [5, 5.41) is 0. The molecule has 0 spiro atoms. The van der Waals surface area contributed by atoms with Gasteiger partial charge in [0.1, 0.15) is 13.0 Å². The van der Waals surface area contributed by atoms with Crippen molar-refractivity contribution in [2.24, 2.45) is 0 Å². The van der Waals surface area contributed by atoms with E-state index in [4.69, 9.17) is 0 Å². The molecule has 0 radical (unpaired) electrons. The maximum Gasteiger partial charge on any atom is 0.317 e. The van der Waals surface area contributed by atoms with Crippen molar-refractivity contribution in [1.82, 2.24) is 0 Å². The molecule has 0 aliphatic heterocycles. The molecule has 0 bridgehead atoms. The Labute approximate surface area is 72.2 Å². The number of hydrogen-bond acceptors (Lipinski definition) is 2. The summed E-state index contributed by atoms with van der Waals surface area (Å²) in [6, 6.07) is 0. The average molecular weight is 200 g/mol. The van der Waals surface area contributed by atoms with E-state index in [1.807, 2.05) is 0 Å². The van der Waals surface area contributed by atoms with E-state index in [2.05, 4.69) is 11.3 Å². The van der Waals surface area contributed by atoms with Crippen molar-refractivity contribution in [3.8, 4) is 0 Å². The average Bonchev–Trinajstić information content (AvgIpc) is 1.99. The number of carbonyl (C=O) groups excluding carboxylic acids is 1. The van der Waals surface area contributed by atoms with Gasteiger partial charge in [-0.1, -0.05) is 12.7 Å². The monoisotopic (exact) mass is 200 g/mol. The summed E-state index contributed by atoms with van der Waals surface area (Å²) < 4.78 is 51.4. The third-order valence-corrected chi connectivity index (χ3v) is 1.06. The highest BCUT2D eigenvalue weighted by atomic mass is 19.3. The molecule has 0 heterocycles. The predicted molar refractivity (Wildman–Crippen MR) is 36.7 cm³/mol. The largest absolute Gasteiger partial charge is 0.461 e. The molecular formula is C7H8F4O2. The summed E-state index contributed by atoms with van der Waals surface area (Å²) in [5.41, 5.74) is 0. The zero-order valence-electron chi connectivity index (χ0n) is 6.60. The number of rotatable bonds is 5. The number of halogens is 4. The van der Waals surface area contributed by atoms with Crippen molar-refractivity contribution >= 4 is 5.97 Å². The molecule has 0 fully saturated rings. The molecular weight excluding hydrogens is 192 g/mol. The van der Waals surface area contributed by atoms with E-state index < -0.39 is 24.7 Å². The SMILES string of the molecule is C=CCOC(=O)CC(F)(F)C(F)F. The van der Waals surface area contributed by atoms with E-state index >= 15 is 0 Å². The number of ether oxygens (including phenoxy) is 1. The van der Waals surface area contributed by atoms with E-state index in [9.17, 15) is 22.4 Å². The predicted octanol–water partition coefficient (Wildman–Crippen LogP) is 2.01. The van der Waals surface area contributed by atoms with Crippen LogP contribution in [-0.2, 0) is 9.53 Å². The first-order chi connectivity index (χ1) is 5.90. The summed E-state index contributed by atoms with van der Waals surface area (Å²) in [5.74, 6) is -5.69. The van der Waals surface area contributed by atoms with Crippen molar-refractivity contribution in [2.45, 2.75) is 18.8 Å². The second-order valence-corrected chi connectivity index (χ2v) is 2.21. The molecule has 76 valence electrons. The fourth-order valence-corrected chi connectivity index (χ4v) is 0.472. The van der Waals surface area contributed by atoms with Crippen LogP contribution in [0.1, 0.15) is 6.42 Å². The normalized spacial score (nSPS) is 11.5. The van der Waals surface area contributed by atoms with Crippen LogP contribution in [0.25, 0.3) is 0 Å². The number of hydrogen-bond donors (Lipinski definition) is 0. The first-order valence-electron chi connectivity index (χ1n) is 3.32. The van der Waals surface area contributed by atoms with Gasteiger partial charge in [-0.2, -0.15) is 8.78 Å². The molecule has 0 atom stereocenters. The van der Waals surface area contributed by atoms with Crippen molar-refractivity contribution in [2.75, 3.05) is 6.61 Å². The molecule has 13 heavy (non-hydrogen) atoms. The molecule has 0 amide bonds. The van der Waals surface area contributed by atoms with Gasteiger partial charge in [-0.3, -0.25) is 4.79 Å². The molecule has 0 saturated carbocycles. The highest BCUT2D eigenvalue weighted by molar-refractivity contribution is 5.70. The first-order valence-corrected chi connectivity index (χ1v) is 3.32. The molecule has 0 aromatic rings. The Morgan fingerprint density at radius 1 is 1.54 bits per heavy atom. The lowest BCUT2D eigenvalue weighted by atomic mass is 10.2. The topological polar surface area (TPSA) is 26.3 Å². The van der Waals surface area contributed by atoms with Gasteiger partial charge >= 0.3 is 18.3 Å². The molecule has 0 aromatic carbocycles. The van der Waals surface area contributed by atoms with Crippen LogP contribution >= 0.6 is 0 Å². The number of esters is 1. The molecule has 0 rings (SSSR count).